The maximum atomic E-state index is 5.46. The molecule has 0 unspecified atom stereocenters. The normalized spacial score (nSPS) is 16.6. The first kappa shape index (κ1) is 12.3. The molecule has 2 aliphatic rings. The predicted molar refractivity (Wildman–Crippen MR) is 75.6 cm³/mol. The van der Waals surface area contributed by atoms with Crippen molar-refractivity contribution in [2.75, 3.05) is 25.6 Å². The second-order valence-electron chi connectivity index (χ2n) is 5.10. The molecule has 0 atom stereocenters. The van der Waals surface area contributed by atoms with Gasteiger partial charge in [0.15, 0.2) is 5.82 Å². The van der Waals surface area contributed by atoms with Crippen LogP contribution in [0.25, 0.3) is 11.3 Å². The number of aromatic nitrogens is 4. The van der Waals surface area contributed by atoms with E-state index in [2.05, 4.69) is 25.3 Å². The average molecular weight is 285 g/mol. The van der Waals surface area contributed by atoms with Crippen molar-refractivity contribution >= 4 is 5.82 Å². The first-order chi connectivity index (χ1) is 10.4. The molecule has 1 aliphatic heterocycles. The van der Waals surface area contributed by atoms with Crippen molar-refractivity contribution in [1.82, 2.24) is 19.9 Å². The molecule has 1 fully saturated rings. The number of hydrogen-bond donors (Lipinski definition) is 1. The van der Waals surface area contributed by atoms with Crippen molar-refractivity contribution in [3.05, 3.63) is 18.2 Å². The SMILES string of the molecule is COc1ncnc(C2CC2)c1-c1cnc2c(n1)NCCO2. The lowest BCUT2D eigenvalue weighted by Crippen LogP contribution is -2.20. The van der Waals surface area contributed by atoms with Gasteiger partial charge >= 0.3 is 0 Å². The van der Waals surface area contributed by atoms with Gasteiger partial charge in [-0.1, -0.05) is 0 Å². The zero-order valence-electron chi connectivity index (χ0n) is 11.7. The van der Waals surface area contributed by atoms with Crippen LogP contribution in [0.4, 0.5) is 5.82 Å². The zero-order chi connectivity index (χ0) is 14.2. The van der Waals surface area contributed by atoms with Crippen LogP contribution < -0.4 is 14.8 Å². The van der Waals surface area contributed by atoms with Crippen LogP contribution in [0, 0.1) is 0 Å². The summed E-state index contributed by atoms with van der Waals surface area (Å²) < 4.78 is 10.9. The number of nitrogens with one attached hydrogen (secondary N) is 1. The van der Waals surface area contributed by atoms with Crippen molar-refractivity contribution in [3.63, 3.8) is 0 Å². The molecule has 108 valence electrons. The maximum Gasteiger partial charge on any atom is 0.257 e. The summed E-state index contributed by atoms with van der Waals surface area (Å²) in [6.45, 7) is 1.33. The molecule has 0 bridgehead atoms. The fraction of sp³-hybridized carbons (Fsp3) is 0.429. The quantitative estimate of drug-likeness (QED) is 0.917. The van der Waals surface area contributed by atoms with Gasteiger partial charge in [0, 0.05) is 5.92 Å². The van der Waals surface area contributed by atoms with Gasteiger partial charge in [-0.15, -0.1) is 0 Å². The fourth-order valence-electron chi connectivity index (χ4n) is 2.48. The molecule has 7 nitrogen and oxygen atoms in total. The Morgan fingerprint density at radius 3 is 3.00 bits per heavy atom. The number of methoxy groups -OCH3 is 1. The van der Waals surface area contributed by atoms with Crippen LogP contribution in [0.3, 0.4) is 0 Å². The summed E-state index contributed by atoms with van der Waals surface area (Å²) in [5.41, 5.74) is 2.55. The lowest BCUT2D eigenvalue weighted by atomic mass is 10.1. The number of rotatable bonds is 3. The van der Waals surface area contributed by atoms with E-state index < -0.39 is 0 Å². The Balaban J connectivity index is 1.85. The Kier molecular flexibility index (Phi) is 2.83. The highest BCUT2D eigenvalue weighted by Crippen LogP contribution is 2.45. The van der Waals surface area contributed by atoms with Crippen LogP contribution in [0.2, 0.25) is 0 Å². The van der Waals surface area contributed by atoms with Crippen LogP contribution in [0.1, 0.15) is 24.5 Å². The first-order valence-corrected chi connectivity index (χ1v) is 7.00. The molecule has 2 aromatic rings. The number of hydrogen-bond acceptors (Lipinski definition) is 7. The van der Waals surface area contributed by atoms with Gasteiger partial charge in [0.2, 0.25) is 5.88 Å². The number of anilines is 1. The summed E-state index contributed by atoms with van der Waals surface area (Å²) in [4.78, 5) is 17.6. The lowest BCUT2D eigenvalue weighted by molar-refractivity contribution is 0.308. The molecule has 7 heteroatoms. The van der Waals surface area contributed by atoms with Gasteiger partial charge in [-0.25, -0.2) is 19.9 Å². The monoisotopic (exact) mass is 285 g/mol. The van der Waals surface area contributed by atoms with Crippen molar-refractivity contribution in [3.8, 4) is 23.0 Å². The third-order valence-electron chi connectivity index (χ3n) is 3.63. The van der Waals surface area contributed by atoms with Crippen LogP contribution in [0.15, 0.2) is 12.5 Å². The van der Waals surface area contributed by atoms with Gasteiger partial charge in [0.25, 0.3) is 5.88 Å². The van der Waals surface area contributed by atoms with E-state index >= 15 is 0 Å². The number of fused-ring (bicyclic) bond motifs is 1. The molecule has 0 radical (unpaired) electrons. The third-order valence-corrected chi connectivity index (χ3v) is 3.63. The molecule has 3 heterocycles. The van der Waals surface area contributed by atoms with Crippen LogP contribution in [0.5, 0.6) is 11.8 Å². The van der Waals surface area contributed by atoms with E-state index in [9.17, 15) is 0 Å². The standard InChI is InChI=1S/C14H15N5O2/c1-20-13-10(11(8-2-3-8)17-7-18-13)9-6-16-14-12(19-9)15-4-5-21-14/h6-8H,2-5H2,1H3,(H,15,19). The average Bonchev–Trinajstić information content (AvgIpc) is 3.38. The summed E-state index contributed by atoms with van der Waals surface area (Å²) in [6.07, 6.45) is 5.53. The van der Waals surface area contributed by atoms with Crippen molar-refractivity contribution in [2.24, 2.45) is 0 Å². The second kappa shape index (κ2) is 4.83. The highest BCUT2D eigenvalue weighted by molar-refractivity contribution is 5.70. The molecule has 0 saturated heterocycles. The topological polar surface area (TPSA) is 82.1 Å². The number of ether oxygens (including phenoxy) is 2. The second-order valence-corrected chi connectivity index (χ2v) is 5.10. The van der Waals surface area contributed by atoms with Gasteiger partial charge in [0.1, 0.15) is 12.9 Å². The van der Waals surface area contributed by atoms with E-state index in [1.807, 2.05) is 0 Å². The van der Waals surface area contributed by atoms with Crippen molar-refractivity contribution in [1.29, 1.82) is 0 Å². The molecule has 1 N–H and O–H groups in total. The minimum absolute atomic E-state index is 0.471. The predicted octanol–water partition coefficient (Wildman–Crippen LogP) is 1.62. The molecule has 0 amide bonds. The fourth-order valence-corrected chi connectivity index (χ4v) is 2.48. The van der Waals surface area contributed by atoms with Crippen LogP contribution in [-0.4, -0.2) is 40.2 Å². The van der Waals surface area contributed by atoms with Gasteiger partial charge in [-0.3, -0.25) is 0 Å². The zero-order valence-corrected chi connectivity index (χ0v) is 11.7. The highest BCUT2D eigenvalue weighted by Gasteiger charge is 2.31. The molecule has 1 saturated carbocycles. The smallest absolute Gasteiger partial charge is 0.257 e. The Morgan fingerprint density at radius 2 is 2.19 bits per heavy atom. The van der Waals surface area contributed by atoms with Gasteiger partial charge < -0.3 is 14.8 Å². The minimum atomic E-state index is 0.471. The highest BCUT2D eigenvalue weighted by atomic mass is 16.5. The van der Waals surface area contributed by atoms with Gasteiger partial charge in [-0.05, 0) is 12.8 Å². The first-order valence-electron chi connectivity index (χ1n) is 7.00. The van der Waals surface area contributed by atoms with Crippen molar-refractivity contribution < 1.29 is 9.47 Å². The Labute approximate surface area is 121 Å². The Bertz CT molecular complexity index is 687. The largest absolute Gasteiger partial charge is 0.480 e. The molecule has 1 aliphatic carbocycles. The van der Waals surface area contributed by atoms with E-state index in [4.69, 9.17) is 9.47 Å². The van der Waals surface area contributed by atoms with E-state index in [0.29, 0.717) is 35.8 Å². The van der Waals surface area contributed by atoms with Gasteiger partial charge in [-0.2, -0.15) is 0 Å². The summed E-state index contributed by atoms with van der Waals surface area (Å²) in [5.74, 6) is 2.21. The van der Waals surface area contributed by atoms with E-state index in [0.717, 1.165) is 30.6 Å². The summed E-state index contributed by atoms with van der Waals surface area (Å²) in [6, 6.07) is 0. The van der Waals surface area contributed by atoms with E-state index in [1.165, 1.54) is 0 Å². The molecular formula is C14H15N5O2. The molecular weight excluding hydrogens is 270 g/mol. The minimum Gasteiger partial charge on any atom is -0.480 e. The molecule has 0 spiro atoms. The summed E-state index contributed by atoms with van der Waals surface area (Å²) in [5, 5.41) is 3.19. The third kappa shape index (κ3) is 2.14. The molecule has 21 heavy (non-hydrogen) atoms. The van der Waals surface area contributed by atoms with E-state index in [1.54, 1.807) is 19.6 Å². The summed E-state index contributed by atoms with van der Waals surface area (Å²) >= 11 is 0. The van der Waals surface area contributed by atoms with E-state index in [-0.39, 0.29) is 0 Å². The molecule has 4 rings (SSSR count). The Morgan fingerprint density at radius 1 is 1.29 bits per heavy atom. The summed E-state index contributed by atoms with van der Waals surface area (Å²) in [7, 11) is 1.61. The lowest BCUT2D eigenvalue weighted by Gasteiger charge is -2.18. The van der Waals surface area contributed by atoms with Crippen LogP contribution >= 0.6 is 0 Å². The molecule has 2 aromatic heterocycles. The number of nitrogens with zero attached hydrogens (tertiary/aromatic N) is 4. The Hall–Kier alpha value is -2.44. The maximum absolute atomic E-state index is 5.46. The van der Waals surface area contributed by atoms with Crippen LogP contribution in [-0.2, 0) is 0 Å². The molecule has 0 aromatic carbocycles. The van der Waals surface area contributed by atoms with Crippen molar-refractivity contribution in [2.45, 2.75) is 18.8 Å². The van der Waals surface area contributed by atoms with Gasteiger partial charge in [0.05, 0.1) is 36.8 Å².